The number of benzene rings is 1. The van der Waals surface area contributed by atoms with Gasteiger partial charge in [-0.05, 0) is 11.6 Å². The minimum absolute atomic E-state index is 0.0929. The fourth-order valence-corrected chi connectivity index (χ4v) is 1.83. The second-order valence-electron chi connectivity index (χ2n) is 3.80. The first kappa shape index (κ1) is 11.4. The van der Waals surface area contributed by atoms with E-state index in [-0.39, 0.29) is 12.0 Å². The lowest BCUT2D eigenvalue weighted by Crippen LogP contribution is -2.28. The second kappa shape index (κ2) is 4.86. The number of hydrogen-bond donors (Lipinski definition) is 1. The van der Waals surface area contributed by atoms with Crippen LogP contribution in [0.5, 0.6) is 0 Å². The Kier molecular flexibility index (Phi) is 3.27. The average molecular weight is 234 g/mol. The van der Waals surface area contributed by atoms with Crippen molar-refractivity contribution >= 4 is 12.0 Å². The van der Waals surface area contributed by atoms with Crippen molar-refractivity contribution in [2.45, 2.75) is 6.54 Å². The first-order chi connectivity index (χ1) is 8.22. The normalized spacial score (nSPS) is 14.6. The van der Waals surface area contributed by atoms with Crippen LogP contribution in [0.15, 0.2) is 24.3 Å². The van der Waals surface area contributed by atoms with E-state index in [4.69, 9.17) is 4.74 Å². The molecule has 1 aromatic carbocycles. The van der Waals surface area contributed by atoms with E-state index in [0.29, 0.717) is 25.2 Å². The molecule has 1 fully saturated rings. The molecular weight excluding hydrogens is 220 g/mol. The Morgan fingerprint density at radius 3 is 2.88 bits per heavy atom. The molecule has 0 aromatic heterocycles. The Morgan fingerprint density at radius 2 is 2.24 bits per heavy atom. The summed E-state index contributed by atoms with van der Waals surface area (Å²) in [4.78, 5) is 24.6. The van der Waals surface area contributed by atoms with Crippen LogP contribution >= 0.6 is 0 Å². The van der Waals surface area contributed by atoms with Gasteiger partial charge in [0.25, 0.3) is 0 Å². The summed E-state index contributed by atoms with van der Waals surface area (Å²) in [6.07, 6.45) is 0. The van der Waals surface area contributed by atoms with Gasteiger partial charge in [-0.3, -0.25) is 0 Å². The van der Waals surface area contributed by atoms with E-state index in [9.17, 15) is 9.59 Å². The third kappa shape index (κ3) is 2.38. The van der Waals surface area contributed by atoms with E-state index >= 15 is 0 Å². The quantitative estimate of drug-likeness (QED) is 0.794. The highest BCUT2D eigenvalue weighted by atomic mass is 16.5. The summed E-state index contributed by atoms with van der Waals surface area (Å²) in [5.41, 5.74) is 1.31. The number of ether oxygens (including phenoxy) is 1. The molecule has 17 heavy (non-hydrogen) atoms. The van der Waals surface area contributed by atoms with Gasteiger partial charge in [0.15, 0.2) is 0 Å². The van der Waals surface area contributed by atoms with Gasteiger partial charge in [-0.1, -0.05) is 18.2 Å². The van der Waals surface area contributed by atoms with E-state index in [2.05, 4.69) is 5.32 Å². The number of carbonyl (C=O) groups excluding carboxylic acids is 2. The van der Waals surface area contributed by atoms with Crippen molar-refractivity contribution in [2.24, 2.45) is 0 Å². The molecule has 0 saturated carbocycles. The van der Waals surface area contributed by atoms with Crippen molar-refractivity contribution in [3.8, 4) is 0 Å². The molecule has 0 aliphatic carbocycles. The van der Waals surface area contributed by atoms with Crippen molar-refractivity contribution < 1.29 is 14.3 Å². The number of esters is 1. The molecule has 1 saturated heterocycles. The summed E-state index contributed by atoms with van der Waals surface area (Å²) in [7, 11) is 1.35. The van der Waals surface area contributed by atoms with Crippen LogP contribution in [-0.4, -0.2) is 37.1 Å². The molecule has 1 heterocycles. The second-order valence-corrected chi connectivity index (χ2v) is 3.80. The van der Waals surface area contributed by atoms with E-state index in [1.807, 2.05) is 12.1 Å². The Morgan fingerprint density at radius 1 is 1.47 bits per heavy atom. The fraction of sp³-hybridized carbons (Fsp3) is 0.333. The molecule has 0 unspecified atom stereocenters. The van der Waals surface area contributed by atoms with Gasteiger partial charge in [0.05, 0.1) is 12.7 Å². The van der Waals surface area contributed by atoms with Gasteiger partial charge >= 0.3 is 12.0 Å². The van der Waals surface area contributed by atoms with Gasteiger partial charge in [-0.15, -0.1) is 0 Å². The number of amides is 2. The Labute approximate surface area is 99.4 Å². The lowest BCUT2D eigenvalue weighted by Gasteiger charge is -2.15. The largest absolute Gasteiger partial charge is 0.465 e. The zero-order valence-electron chi connectivity index (χ0n) is 9.60. The Balaban J connectivity index is 2.20. The molecule has 2 rings (SSSR count). The molecule has 1 aromatic rings. The zero-order valence-corrected chi connectivity index (χ0v) is 9.60. The van der Waals surface area contributed by atoms with Crippen molar-refractivity contribution in [3.63, 3.8) is 0 Å². The summed E-state index contributed by atoms with van der Waals surface area (Å²) >= 11 is 0. The Bertz CT molecular complexity index is 445. The summed E-state index contributed by atoms with van der Waals surface area (Å²) in [5.74, 6) is -0.375. The van der Waals surface area contributed by atoms with Gasteiger partial charge < -0.3 is 15.0 Å². The number of nitrogens with zero attached hydrogens (tertiary/aromatic N) is 1. The lowest BCUT2D eigenvalue weighted by atomic mass is 10.1. The van der Waals surface area contributed by atoms with Gasteiger partial charge in [0.2, 0.25) is 0 Å². The molecule has 0 radical (unpaired) electrons. The summed E-state index contributed by atoms with van der Waals surface area (Å²) in [5, 5.41) is 2.72. The third-order valence-corrected chi connectivity index (χ3v) is 2.73. The number of nitrogens with one attached hydrogen (secondary N) is 1. The number of hydrogen-bond acceptors (Lipinski definition) is 3. The van der Waals surface area contributed by atoms with E-state index in [1.165, 1.54) is 7.11 Å². The average Bonchev–Trinajstić information content (AvgIpc) is 2.75. The number of carbonyl (C=O) groups is 2. The SMILES string of the molecule is COC(=O)c1ccccc1CN1CCNC1=O. The summed E-state index contributed by atoms with van der Waals surface area (Å²) in [6.45, 7) is 1.74. The van der Waals surface area contributed by atoms with Crippen LogP contribution in [0.3, 0.4) is 0 Å². The van der Waals surface area contributed by atoms with E-state index in [1.54, 1.807) is 17.0 Å². The lowest BCUT2D eigenvalue weighted by molar-refractivity contribution is 0.0598. The van der Waals surface area contributed by atoms with Crippen LogP contribution in [0.4, 0.5) is 4.79 Å². The van der Waals surface area contributed by atoms with E-state index < -0.39 is 0 Å². The van der Waals surface area contributed by atoms with Crippen molar-refractivity contribution in [3.05, 3.63) is 35.4 Å². The maximum Gasteiger partial charge on any atom is 0.338 e. The number of methoxy groups -OCH3 is 1. The van der Waals surface area contributed by atoms with Crippen molar-refractivity contribution in [2.75, 3.05) is 20.2 Å². The van der Waals surface area contributed by atoms with Crippen LogP contribution in [0.2, 0.25) is 0 Å². The molecule has 2 amide bonds. The molecule has 90 valence electrons. The van der Waals surface area contributed by atoms with E-state index in [0.717, 1.165) is 5.56 Å². The van der Waals surface area contributed by atoms with Gasteiger partial charge in [-0.25, -0.2) is 9.59 Å². The minimum Gasteiger partial charge on any atom is -0.465 e. The first-order valence-corrected chi connectivity index (χ1v) is 5.41. The highest BCUT2D eigenvalue weighted by Crippen LogP contribution is 2.14. The smallest absolute Gasteiger partial charge is 0.338 e. The van der Waals surface area contributed by atoms with Crippen LogP contribution in [0.25, 0.3) is 0 Å². The molecule has 5 nitrogen and oxygen atoms in total. The molecule has 0 spiro atoms. The van der Waals surface area contributed by atoms with Crippen molar-refractivity contribution in [1.29, 1.82) is 0 Å². The molecule has 0 atom stereocenters. The molecule has 1 N–H and O–H groups in total. The topological polar surface area (TPSA) is 58.6 Å². The van der Waals surface area contributed by atoms with Gasteiger partial charge in [0.1, 0.15) is 0 Å². The highest BCUT2D eigenvalue weighted by Gasteiger charge is 2.21. The summed E-state index contributed by atoms with van der Waals surface area (Å²) < 4.78 is 4.71. The van der Waals surface area contributed by atoms with Gasteiger partial charge in [0, 0.05) is 19.6 Å². The van der Waals surface area contributed by atoms with Gasteiger partial charge in [-0.2, -0.15) is 0 Å². The molecular formula is C12H14N2O3. The van der Waals surface area contributed by atoms with Crippen LogP contribution in [0.1, 0.15) is 15.9 Å². The molecule has 5 heteroatoms. The molecule has 1 aliphatic heterocycles. The number of rotatable bonds is 3. The maximum absolute atomic E-state index is 11.5. The highest BCUT2D eigenvalue weighted by molar-refractivity contribution is 5.91. The molecule has 0 bridgehead atoms. The molecule has 1 aliphatic rings. The van der Waals surface area contributed by atoms with Crippen LogP contribution in [0, 0.1) is 0 Å². The summed E-state index contributed by atoms with van der Waals surface area (Å²) in [6, 6.07) is 7.06. The van der Waals surface area contributed by atoms with Crippen LogP contribution < -0.4 is 5.32 Å². The Hall–Kier alpha value is -2.04. The third-order valence-electron chi connectivity index (χ3n) is 2.73. The monoisotopic (exact) mass is 234 g/mol. The predicted octanol–water partition coefficient (Wildman–Crippen LogP) is 0.998. The van der Waals surface area contributed by atoms with Crippen LogP contribution in [-0.2, 0) is 11.3 Å². The standard InChI is InChI=1S/C12H14N2O3/c1-17-11(15)10-5-3-2-4-9(10)8-14-7-6-13-12(14)16/h2-5H,6-8H2,1H3,(H,13,16). The number of urea groups is 1. The van der Waals surface area contributed by atoms with Crippen molar-refractivity contribution in [1.82, 2.24) is 10.2 Å². The zero-order chi connectivity index (χ0) is 12.3. The fourth-order valence-electron chi connectivity index (χ4n) is 1.83. The first-order valence-electron chi connectivity index (χ1n) is 5.41. The predicted molar refractivity (Wildman–Crippen MR) is 61.6 cm³/mol. The maximum atomic E-state index is 11.5. The minimum atomic E-state index is -0.375.